The van der Waals surface area contributed by atoms with Gasteiger partial charge in [0.1, 0.15) is 12.1 Å². The van der Waals surface area contributed by atoms with E-state index in [1.165, 1.54) is 30.1 Å². The van der Waals surface area contributed by atoms with Crippen molar-refractivity contribution < 1.29 is 42.2 Å². The average Bonchev–Trinajstić information content (AvgIpc) is 3.60. The standard InChI is InChI=1S/C33H36ClF3N10O6/c1-32(2,3)53-31(52)46-14-22(24(48)15-46)41-30(51)45-11-18-19(12-45)25(18)42-28(49)17-6-5-16(9-21(17)34)40-29(50)27-39-10-23(44(27)4)20-13-47(8-7-38)43-26(20)33(35,36)37/h5-6,9-10,13,18-19,22,24-25,48H,8,11-12,14-15H2,1-4H3,(H,40,50)(H,41,51)(H,42,49)/t18-,19+,22?,24?,25?. The van der Waals surface area contributed by atoms with Gasteiger partial charge in [-0.05, 0) is 39.0 Å². The normalized spacial score (nSPS) is 22.2. The number of imidazole rings is 1. The fourth-order valence-electron chi connectivity index (χ4n) is 6.60. The third-order valence-electron chi connectivity index (χ3n) is 9.23. The number of benzene rings is 1. The minimum atomic E-state index is -4.82. The molecular weight excluding hydrogens is 725 g/mol. The Morgan fingerprint density at radius 3 is 2.38 bits per heavy atom. The summed E-state index contributed by atoms with van der Waals surface area (Å²) in [7, 11) is 1.36. The van der Waals surface area contributed by atoms with Crippen molar-refractivity contribution in [3.8, 4) is 17.3 Å². The number of fused-ring (bicyclic) bond motifs is 1. The number of ether oxygens (including phenoxy) is 1. The number of amides is 5. The predicted molar refractivity (Wildman–Crippen MR) is 180 cm³/mol. The molecule has 2 aromatic heterocycles. The molecule has 4 N–H and O–H groups in total. The second-order valence-electron chi connectivity index (χ2n) is 14.2. The molecule has 0 radical (unpaired) electrons. The zero-order valence-corrected chi connectivity index (χ0v) is 29.7. The molecule has 53 heavy (non-hydrogen) atoms. The van der Waals surface area contributed by atoms with Crippen molar-refractivity contribution >= 4 is 41.2 Å². The van der Waals surface area contributed by atoms with Gasteiger partial charge in [-0.2, -0.15) is 23.5 Å². The van der Waals surface area contributed by atoms with E-state index in [1.54, 1.807) is 31.7 Å². The second kappa shape index (κ2) is 13.9. The Labute approximate surface area is 305 Å². The van der Waals surface area contributed by atoms with Crippen molar-refractivity contribution in [3.05, 3.63) is 52.7 Å². The molecule has 2 saturated heterocycles. The Morgan fingerprint density at radius 1 is 1.06 bits per heavy atom. The fraction of sp³-hybridized carbons (Fsp3) is 0.485. The number of piperidine rings is 1. The molecule has 3 fully saturated rings. The minimum Gasteiger partial charge on any atom is -0.444 e. The van der Waals surface area contributed by atoms with Crippen LogP contribution in [-0.4, -0.2) is 108 Å². The number of aromatic nitrogens is 4. The maximum Gasteiger partial charge on any atom is 0.435 e. The van der Waals surface area contributed by atoms with Crippen LogP contribution in [0.4, 0.5) is 28.4 Å². The lowest BCUT2D eigenvalue weighted by molar-refractivity contribution is -0.141. The highest BCUT2D eigenvalue weighted by atomic mass is 35.5. The number of carbonyl (C=O) groups is 4. The van der Waals surface area contributed by atoms with E-state index in [4.69, 9.17) is 21.6 Å². The summed E-state index contributed by atoms with van der Waals surface area (Å²) in [6.45, 7) is 5.72. The van der Waals surface area contributed by atoms with Crippen LogP contribution in [0.1, 0.15) is 47.4 Å². The summed E-state index contributed by atoms with van der Waals surface area (Å²) < 4.78 is 48.4. The highest BCUT2D eigenvalue weighted by Crippen LogP contribution is 2.46. The molecule has 0 bridgehead atoms. The molecule has 5 atom stereocenters. The summed E-state index contributed by atoms with van der Waals surface area (Å²) in [6.07, 6.45) is -4.18. The van der Waals surface area contributed by atoms with E-state index in [9.17, 15) is 37.5 Å². The predicted octanol–water partition coefficient (Wildman–Crippen LogP) is 3.08. The molecule has 2 aliphatic heterocycles. The number of nitriles is 1. The maximum atomic E-state index is 13.7. The maximum absolute atomic E-state index is 13.7. The Hall–Kier alpha value is -5.35. The summed E-state index contributed by atoms with van der Waals surface area (Å²) in [4.78, 5) is 58.5. The molecular formula is C33H36ClF3N10O6. The Kier molecular flexibility index (Phi) is 9.81. The van der Waals surface area contributed by atoms with Gasteiger partial charge in [0.15, 0.2) is 11.5 Å². The van der Waals surface area contributed by atoms with Crippen LogP contribution in [-0.2, 0) is 24.5 Å². The minimum absolute atomic E-state index is 0.0179. The molecule has 3 unspecified atom stereocenters. The van der Waals surface area contributed by atoms with Gasteiger partial charge < -0.3 is 40.2 Å². The number of β-amino-alcohol motifs (C(OH)–C–C–N with tert-alkyl or cyclic N) is 1. The van der Waals surface area contributed by atoms with Gasteiger partial charge in [-0.3, -0.25) is 14.3 Å². The van der Waals surface area contributed by atoms with Gasteiger partial charge in [-0.15, -0.1) is 0 Å². The zero-order valence-electron chi connectivity index (χ0n) is 28.9. The number of nitrogens with zero attached hydrogens (tertiary/aromatic N) is 7. The fourth-order valence-corrected chi connectivity index (χ4v) is 6.86. The number of aliphatic hydroxyl groups is 1. The second-order valence-corrected chi connectivity index (χ2v) is 14.6. The van der Waals surface area contributed by atoms with Crippen LogP contribution in [0, 0.1) is 23.2 Å². The number of aliphatic hydroxyl groups excluding tert-OH is 1. The lowest BCUT2D eigenvalue weighted by atomic mass is 10.2. The van der Waals surface area contributed by atoms with Gasteiger partial charge in [0.25, 0.3) is 11.8 Å². The van der Waals surface area contributed by atoms with E-state index in [0.29, 0.717) is 13.1 Å². The number of hydrogen-bond donors (Lipinski definition) is 4. The highest BCUT2D eigenvalue weighted by molar-refractivity contribution is 6.34. The van der Waals surface area contributed by atoms with E-state index in [1.807, 2.05) is 0 Å². The molecule has 4 heterocycles. The number of urea groups is 1. The van der Waals surface area contributed by atoms with Gasteiger partial charge in [0.2, 0.25) is 0 Å². The van der Waals surface area contributed by atoms with Crippen LogP contribution in [0.3, 0.4) is 0 Å². The van der Waals surface area contributed by atoms with Crippen molar-refractivity contribution in [1.29, 1.82) is 5.26 Å². The lowest BCUT2D eigenvalue weighted by Gasteiger charge is -2.25. The molecule has 20 heteroatoms. The van der Waals surface area contributed by atoms with Crippen LogP contribution >= 0.6 is 11.6 Å². The first-order valence-electron chi connectivity index (χ1n) is 16.5. The van der Waals surface area contributed by atoms with Gasteiger partial charge in [-0.1, -0.05) is 11.6 Å². The first-order valence-corrected chi connectivity index (χ1v) is 16.9. The number of rotatable bonds is 7. The van der Waals surface area contributed by atoms with Crippen LogP contribution in [0.2, 0.25) is 5.02 Å². The van der Waals surface area contributed by atoms with Crippen LogP contribution < -0.4 is 16.0 Å². The van der Waals surface area contributed by atoms with Gasteiger partial charge in [-0.25, -0.2) is 14.6 Å². The van der Waals surface area contributed by atoms with Crippen LogP contribution in [0.25, 0.3) is 11.3 Å². The summed E-state index contributed by atoms with van der Waals surface area (Å²) in [6, 6.07) is 4.72. The molecule has 3 aromatic rings. The van der Waals surface area contributed by atoms with Gasteiger partial charge >= 0.3 is 18.3 Å². The van der Waals surface area contributed by atoms with Crippen molar-refractivity contribution in [2.75, 3.05) is 31.5 Å². The number of carbonyl (C=O) groups excluding carboxylic acids is 4. The quantitative estimate of drug-likeness (QED) is 0.280. The highest BCUT2D eigenvalue weighted by Gasteiger charge is 2.57. The summed E-state index contributed by atoms with van der Waals surface area (Å²) >= 11 is 6.41. The van der Waals surface area contributed by atoms with Crippen molar-refractivity contribution in [3.63, 3.8) is 0 Å². The van der Waals surface area contributed by atoms with Crippen molar-refractivity contribution in [2.24, 2.45) is 18.9 Å². The molecule has 3 aliphatic rings. The molecule has 1 saturated carbocycles. The molecule has 0 spiro atoms. The number of anilines is 1. The average molecular weight is 761 g/mol. The van der Waals surface area contributed by atoms with Gasteiger partial charge in [0.05, 0.1) is 52.8 Å². The third-order valence-corrected chi connectivity index (χ3v) is 9.54. The largest absolute Gasteiger partial charge is 0.444 e. The van der Waals surface area contributed by atoms with E-state index in [0.717, 1.165) is 21.6 Å². The van der Waals surface area contributed by atoms with E-state index < -0.39 is 54.1 Å². The lowest BCUT2D eigenvalue weighted by Crippen LogP contribution is -2.50. The van der Waals surface area contributed by atoms with Gasteiger partial charge in [0, 0.05) is 56.4 Å². The number of alkyl halides is 3. The first-order chi connectivity index (χ1) is 24.8. The number of halogens is 4. The Bertz CT molecular complexity index is 1990. The number of nitrogens with one attached hydrogen (secondary N) is 3. The molecule has 16 nitrogen and oxygen atoms in total. The van der Waals surface area contributed by atoms with Crippen molar-refractivity contribution in [2.45, 2.75) is 57.3 Å². The van der Waals surface area contributed by atoms with E-state index >= 15 is 0 Å². The molecule has 1 aliphatic carbocycles. The van der Waals surface area contributed by atoms with Crippen LogP contribution in [0.15, 0.2) is 30.6 Å². The zero-order chi connectivity index (χ0) is 38.6. The third kappa shape index (κ3) is 7.88. The topological polar surface area (TPSA) is 200 Å². The SMILES string of the molecule is Cn1c(-c2cn(CC#N)nc2C(F)(F)F)cnc1C(=O)Nc1ccc(C(=O)NC2[C@H]3CN(C(=O)NC4CN(C(=O)OC(C)(C)C)CC4O)C[C@@H]23)c(Cl)c1. The summed E-state index contributed by atoms with van der Waals surface area (Å²) in [5.74, 6) is -1.39. The molecule has 282 valence electrons. The number of likely N-dealkylation sites (tertiary alicyclic amines) is 2. The molecule has 5 amide bonds. The van der Waals surface area contributed by atoms with Crippen molar-refractivity contribution in [1.82, 2.24) is 39.8 Å². The monoisotopic (exact) mass is 760 g/mol. The Balaban J connectivity index is 1.01. The summed E-state index contributed by atoms with van der Waals surface area (Å²) in [5.41, 5.74) is -1.99. The summed E-state index contributed by atoms with van der Waals surface area (Å²) in [5, 5.41) is 31.1. The van der Waals surface area contributed by atoms with Crippen LogP contribution in [0.5, 0.6) is 0 Å². The Morgan fingerprint density at radius 2 is 1.75 bits per heavy atom. The molecule has 1 aromatic carbocycles. The smallest absolute Gasteiger partial charge is 0.435 e. The van der Waals surface area contributed by atoms with E-state index in [2.05, 4.69) is 26.0 Å². The first kappa shape index (κ1) is 37.4. The van der Waals surface area contributed by atoms with E-state index in [-0.39, 0.29) is 70.4 Å². The molecule has 6 rings (SSSR count). The number of hydrogen-bond acceptors (Lipinski definition) is 9.